The molecule has 7 nitrogen and oxygen atoms in total. The number of carboxylic acid groups (broad SMARTS) is 1. The van der Waals surface area contributed by atoms with E-state index in [1.54, 1.807) is 42.0 Å². The number of rotatable bonds is 9. The second kappa shape index (κ2) is 10.7. The molecule has 2 aromatic heterocycles. The minimum atomic E-state index is -1.95. The Balaban J connectivity index is 1.70. The van der Waals surface area contributed by atoms with E-state index in [2.05, 4.69) is 4.98 Å². The molecule has 1 atom stereocenters. The summed E-state index contributed by atoms with van der Waals surface area (Å²) in [5.41, 5.74) is 3.84. The van der Waals surface area contributed by atoms with Gasteiger partial charge in [-0.1, -0.05) is 18.2 Å². The molecule has 0 aliphatic heterocycles. The van der Waals surface area contributed by atoms with E-state index >= 15 is 0 Å². The largest absolute Gasteiger partial charge is 0.476 e. The second-order valence-corrected chi connectivity index (χ2v) is 11.0. The maximum absolute atomic E-state index is 14.7. The van der Waals surface area contributed by atoms with Gasteiger partial charge in [-0.15, -0.1) is 11.3 Å². The number of nitrogens with two attached hydrogens (primary N) is 1. The van der Waals surface area contributed by atoms with Crippen molar-refractivity contribution in [3.63, 3.8) is 0 Å². The fourth-order valence-electron chi connectivity index (χ4n) is 4.35. The van der Waals surface area contributed by atoms with Crippen molar-refractivity contribution in [1.82, 2.24) is 14.8 Å². The van der Waals surface area contributed by atoms with Gasteiger partial charge in [-0.05, 0) is 68.0 Å². The van der Waals surface area contributed by atoms with Crippen LogP contribution in [0, 0.1) is 17.6 Å². The van der Waals surface area contributed by atoms with Crippen LogP contribution in [-0.2, 0) is 23.8 Å². The number of aromatic carboxylic acids is 1. The molecule has 0 radical (unpaired) electrons. The van der Waals surface area contributed by atoms with E-state index in [9.17, 15) is 22.9 Å². The third kappa shape index (κ3) is 5.35. The smallest absolute Gasteiger partial charge is 0.355 e. The Kier molecular flexibility index (Phi) is 7.33. The molecule has 5 rings (SSSR count). The molecule has 4 aromatic rings. The fraction of sp³-hybridized carbons (Fsp3) is 0.222. The number of hydrogen-bond acceptors (Lipinski definition) is 5. The van der Waals surface area contributed by atoms with Crippen LogP contribution in [0.25, 0.3) is 22.5 Å². The summed E-state index contributed by atoms with van der Waals surface area (Å²) in [6, 6.07) is 9.12. The first-order chi connectivity index (χ1) is 18.2. The van der Waals surface area contributed by atoms with Crippen LogP contribution in [0.2, 0.25) is 0 Å². The molecule has 1 unspecified atom stereocenters. The number of thiazole rings is 1. The number of benzene rings is 2. The average Bonchev–Trinajstić information content (AvgIpc) is 3.43. The molecule has 0 saturated heterocycles. The zero-order valence-corrected chi connectivity index (χ0v) is 22.0. The summed E-state index contributed by atoms with van der Waals surface area (Å²) < 4.78 is 42.4. The van der Waals surface area contributed by atoms with Crippen LogP contribution in [0.1, 0.15) is 52.6 Å². The first kappa shape index (κ1) is 26.1. The maximum Gasteiger partial charge on any atom is 0.355 e. The number of allylic oxidation sites excluding steroid dienone is 1. The molecule has 38 heavy (non-hydrogen) atoms. The number of carboxylic acids is 1. The summed E-state index contributed by atoms with van der Waals surface area (Å²) in [7, 11) is -1.95. The van der Waals surface area contributed by atoms with Gasteiger partial charge in [0.2, 0.25) is 5.13 Å². The van der Waals surface area contributed by atoms with Gasteiger partial charge in [0.25, 0.3) is 0 Å². The third-order valence-electron chi connectivity index (χ3n) is 6.37. The van der Waals surface area contributed by atoms with Crippen LogP contribution in [0.15, 0.2) is 52.7 Å². The van der Waals surface area contributed by atoms with Gasteiger partial charge in [0, 0.05) is 28.5 Å². The predicted molar refractivity (Wildman–Crippen MR) is 143 cm³/mol. The summed E-state index contributed by atoms with van der Waals surface area (Å²) in [5, 5.41) is 21.5. The van der Waals surface area contributed by atoms with E-state index in [1.165, 1.54) is 34.9 Å². The Morgan fingerprint density at radius 3 is 2.66 bits per heavy atom. The lowest BCUT2D eigenvalue weighted by Gasteiger charge is -2.10. The van der Waals surface area contributed by atoms with Crippen molar-refractivity contribution in [3.8, 4) is 16.4 Å². The molecule has 2 heterocycles. The van der Waals surface area contributed by atoms with Gasteiger partial charge in [0.05, 0.1) is 16.3 Å². The molecule has 0 amide bonds. The van der Waals surface area contributed by atoms with Crippen LogP contribution >= 0.6 is 11.3 Å². The van der Waals surface area contributed by atoms with Crippen LogP contribution in [0.3, 0.4) is 0 Å². The van der Waals surface area contributed by atoms with Gasteiger partial charge >= 0.3 is 5.97 Å². The lowest BCUT2D eigenvalue weighted by molar-refractivity contribution is 0.0691. The highest BCUT2D eigenvalue weighted by Crippen LogP contribution is 2.38. The lowest BCUT2D eigenvalue weighted by atomic mass is 9.96. The van der Waals surface area contributed by atoms with Crippen molar-refractivity contribution in [3.05, 3.63) is 87.6 Å². The summed E-state index contributed by atoms with van der Waals surface area (Å²) >= 11 is 1.17. The van der Waals surface area contributed by atoms with E-state index in [0.717, 1.165) is 24.1 Å². The highest BCUT2D eigenvalue weighted by atomic mass is 32.2. The summed E-state index contributed by atoms with van der Waals surface area (Å²) in [4.78, 5) is 15.7. The molecule has 1 aliphatic carbocycles. The summed E-state index contributed by atoms with van der Waals surface area (Å²) in [6.07, 6.45) is 6.51. The highest BCUT2D eigenvalue weighted by Gasteiger charge is 2.29. The summed E-state index contributed by atoms with van der Waals surface area (Å²) in [5.74, 6) is -1.72. The Hall–Kier alpha value is -3.54. The Morgan fingerprint density at radius 1 is 1.24 bits per heavy atom. The number of halogens is 2. The number of hydrogen-bond donors (Lipinski definition) is 2. The van der Waals surface area contributed by atoms with Crippen LogP contribution in [0.4, 0.5) is 8.78 Å². The molecule has 2 aromatic carbocycles. The molecule has 3 N–H and O–H groups in total. The zero-order chi connectivity index (χ0) is 27.0. The van der Waals surface area contributed by atoms with E-state index in [-0.39, 0.29) is 16.4 Å². The van der Waals surface area contributed by atoms with Crippen molar-refractivity contribution in [2.75, 3.05) is 0 Å². The molecule has 196 valence electrons. The average molecular weight is 555 g/mol. The van der Waals surface area contributed by atoms with Gasteiger partial charge in [-0.3, -0.25) is 0 Å². The van der Waals surface area contributed by atoms with Crippen molar-refractivity contribution in [2.24, 2.45) is 11.1 Å². The topological polar surface area (TPSA) is 111 Å². The molecular formula is C27H24F2N4O3S2. The normalized spacial score (nSPS) is 14.3. The fourth-order valence-corrected chi connectivity index (χ4v) is 5.57. The van der Waals surface area contributed by atoms with E-state index in [0.29, 0.717) is 46.3 Å². The quantitative estimate of drug-likeness (QED) is 0.283. The Labute approximate surface area is 224 Å². The van der Waals surface area contributed by atoms with Crippen LogP contribution in [0.5, 0.6) is 0 Å². The zero-order valence-electron chi connectivity index (χ0n) is 20.4. The minimum Gasteiger partial charge on any atom is -0.476 e. The van der Waals surface area contributed by atoms with Crippen LogP contribution < -0.4 is 5.14 Å². The van der Waals surface area contributed by atoms with E-state index < -0.39 is 22.8 Å². The highest BCUT2D eigenvalue weighted by molar-refractivity contribution is 7.82. The van der Waals surface area contributed by atoms with Crippen molar-refractivity contribution in [2.45, 2.75) is 37.5 Å². The molecule has 11 heteroatoms. The molecule has 1 saturated carbocycles. The van der Waals surface area contributed by atoms with Crippen LogP contribution in [-0.4, -0.2) is 30.0 Å². The van der Waals surface area contributed by atoms with Crippen molar-refractivity contribution >= 4 is 34.4 Å². The molecular weight excluding hydrogens is 530 g/mol. The van der Waals surface area contributed by atoms with E-state index in [1.807, 2.05) is 0 Å². The SMILES string of the molecule is C/C=C/c1cc(-c2nn(-c3nc(C(=O)O)cs3)c(CC3CC3)c2Cc2ccc(S(N)=O)c(F)c2)ccc1F. The molecule has 1 aliphatic rings. The number of nitrogens with zero attached hydrogens (tertiary/aromatic N) is 3. The maximum atomic E-state index is 14.7. The van der Waals surface area contributed by atoms with Crippen molar-refractivity contribution in [1.29, 1.82) is 0 Å². The molecule has 1 fully saturated rings. The van der Waals surface area contributed by atoms with Gasteiger partial charge in [-0.25, -0.2) is 32.6 Å². The van der Waals surface area contributed by atoms with Gasteiger partial charge in [0.15, 0.2) is 5.69 Å². The standard InChI is InChI=1S/C27H24F2N4O3S2/c1-2-3-17-13-18(7-8-20(17)28)25-19(10-16-6-9-24(38(30)36)21(29)11-16)23(12-15-4-5-15)33(32-25)27-31-22(14-37-27)26(34)35/h2-3,6-9,11,13-15H,4-5,10,12,30H2,1H3,(H,34,35)/b3-2+. The van der Waals surface area contributed by atoms with E-state index in [4.69, 9.17) is 10.2 Å². The second-order valence-electron chi connectivity index (χ2n) is 9.13. The molecule has 0 spiro atoms. The lowest BCUT2D eigenvalue weighted by Crippen LogP contribution is -2.07. The number of aromatic nitrogens is 3. The predicted octanol–water partition coefficient (Wildman–Crippen LogP) is 5.53. The monoisotopic (exact) mass is 554 g/mol. The first-order valence-electron chi connectivity index (χ1n) is 11.9. The Bertz CT molecular complexity index is 1590. The number of carbonyl (C=O) groups is 1. The first-order valence-corrected chi connectivity index (χ1v) is 14.0. The van der Waals surface area contributed by atoms with Crippen molar-refractivity contribution < 1.29 is 22.9 Å². The molecule has 0 bridgehead atoms. The Morgan fingerprint density at radius 2 is 2.03 bits per heavy atom. The van der Waals surface area contributed by atoms with Gasteiger partial charge in [-0.2, -0.15) is 5.10 Å². The summed E-state index contributed by atoms with van der Waals surface area (Å²) in [6.45, 7) is 1.80. The van der Waals surface area contributed by atoms with Gasteiger partial charge in [0.1, 0.15) is 22.6 Å². The van der Waals surface area contributed by atoms with Gasteiger partial charge < -0.3 is 5.11 Å². The third-order valence-corrected chi connectivity index (χ3v) is 7.95. The minimum absolute atomic E-state index is 0.0782.